The molecule has 0 fully saturated rings. The van der Waals surface area contributed by atoms with Gasteiger partial charge >= 0.3 is 0 Å². The van der Waals surface area contributed by atoms with E-state index in [1.165, 1.54) is 0 Å². The van der Waals surface area contributed by atoms with Crippen molar-refractivity contribution in [3.63, 3.8) is 0 Å². The lowest BCUT2D eigenvalue weighted by molar-refractivity contribution is 0.234. The lowest BCUT2D eigenvalue weighted by atomic mass is 10.1. The van der Waals surface area contributed by atoms with E-state index in [0.29, 0.717) is 22.9 Å². The molecule has 7 nitrogen and oxygen atoms in total. The van der Waals surface area contributed by atoms with Crippen molar-refractivity contribution in [1.29, 1.82) is 0 Å². The van der Waals surface area contributed by atoms with Crippen molar-refractivity contribution in [1.82, 2.24) is 19.9 Å². The zero-order chi connectivity index (χ0) is 15.6. The van der Waals surface area contributed by atoms with Crippen molar-refractivity contribution in [2.75, 3.05) is 17.2 Å². The Morgan fingerprint density at radius 1 is 1.18 bits per heavy atom. The van der Waals surface area contributed by atoms with Gasteiger partial charge in [-0.15, -0.1) is 0 Å². The van der Waals surface area contributed by atoms with Crippen molar-refractivity contribution >= 4 is 28.6 Å². The van der Waals surface area contributed by atoms with Crippen molar-refractivity contribution in [3.05, 3.63) is 36.7 Å². The molecule has 0 amide bonds. The van der Waals surface area contributed by atoms with E-state index in [-0.39, 0.29) is 6.61 Å². The standard InChI is InChI=1S/C15H18N6O/c1-15(2,8-22)21-13-11-12(17-9-16-11)19-14(20-13)18-10-6-4-3-5-7-10/h3-7,9,22H,8H2,1-2H3,(H3,16,17,18,19,20,21). The van der Waals surface area contributed by atoms with Crippen LogP contribution in [0, 0.1) is 0 Å². The second-order valence-electron chi connectivity index (χ2n) is 5.65. The molecule has 0 unspecified atom stereocenters. The normalized spacial score (nSPS) is 11.6. The van der Waals surface area contributed by atoms with Crippen LogP contribution in [0.1, 0.15) is 13.8 Å². The number of fused-ring (bicyclic) bond motifs is 1. The highest BCUT2D eigenvalue weighted by Gasteiger charge is 2.20. The number of rotatable bonds is 5. The van der Waals surface area contributed by atoms with Crippen LogP contribution < -0.4 is 10.6 Å². The van der Waals surface area contributed by atoms with E-state index in [2.05, 4.69) is 30.6 Å². The number of nitrogens with zero attached hydrogens (tertiary/aromatic N) is 3. The fourth-order valence-corrected chi connectivity index (χ4v) is 1.99. The summed E-state index contributed by atoms with van der Waals surface area (Å²) >= 11 is 0. The van der Waals surface area contributed by atoms with Crippen molar-refractivity contribution in [2.24, 2.45) is 0 Å². The van der Waals surface area contributed by atoms with Gasteiger partial charge in [0.1, 0.15) is 5.52 Å². The van der Waals surface area contributed by atoms with Crippen LogP contribution in [0.2, 0.25) is 0 Å². The largest absolute Gasteiger partial charge is 0.394 e. The van der Waals surface area contributed by atoms with Gasteiger partial charge in [-0.3, -0.25) is 0 Å². The molecule has 1 aromatic carbocycles. The van der Waals surface area contributed by atoms with E-state index in [1.807, 2.05) is 44.2 Å². The Morgan fingerprint density at radius 2 is 1.95 bits per heavy atom. The minimum Gasteiger partial charge on any atom is -0.394 e. The lowest BCUT2D eigenvalue weighted by Gasteiger charge is -2.24. The first-order chi connectivity index (χ1) is 10.6. The molecule has 3 rings (SSSR count). The van der Waals surface area contributed by atoms with Crippen LogP contribution in [0.25, 0.3) is 11.2 Å². The summed E-state index contributed by atoms with van der Waals surface area (Å²) in [6.07, 6.45) is 1.57. The van der Waals surface area contributed by atoms with Gasteiger partial charge in [0.05, 0.1) is 18.5 Å². The van der Waals surface area contributed by atoms with Crippen LogP contribution in [-0.2, 0) is 0 Å². The molecule has 22 heavy (non-hydrogen) atoms. The molecule has 0 radical (unpaired) electrons. The highest BCUT2D eigenvalue weighted by molar-refractivity contribution is 5.84. The monoisotopic (exact) mass is 298 g/mol. The fourth-order valence-electron chi connectivity index (χ4n) is 1.99. The van der Waals surface area contributed by atoms with Gasteiger partial charge in [-0.1, -0.05) is 18.2 Å². The Morgan fingerprint density at radius 3 is 2.68 bits per heavy atom. The maximum atomic E-state index is 9.44. The summed E-state index contributed by atoms with van der Waals surface area (Å²) < 4.78 is 0. The van der Waals surface area contributed by atoms with E-state index in [4.69, 9.17) is 0 Å². The van der Waals surface area contributed by atoms with Crippen LogP contribution in [-0.4, -0.2) is 37.2 Å². The number of aromatic amines is 1. The molecule has 2 aromatic heterocycles. The van der Waals surface area contributed by atoms with Gasteiger partial charge in [-0.2, -0.15) is 9.97 Å². The maximum absolute atomic E-state index is 9.44. The zero-order valence-electron chi connectivity index (χ0n) is 12.5. The Kier molecular flexibility index (Phi) is 3.64. The number of para-hydroxylation sites is 1. The SMILES string of the molecule is CC(C)(CO)Nc1nc(Nc2ccccc2)nc2nc[nH]c12. The smallest absolute Gasteiger partial charge is 0.231 e. The summed E-state index contributed by atoms with van der Waals surface area (Å²) in [7, 11) is 0. The van der Waals surface area contributed by atoms with Crippen LogP contribution in [0.15, 0.2) is 36.7 Å². The van der Waals surface area contributed by atoms with Gasteiger partial charge in [0.15, 0.2) is 11.5 Å². The highest BCUT2D eigenvalue weighted by Crippen LogP contribution is 2.23. The molecule has 0 saturated carbocycles. The summed E-state index contributed by atoms with van der Waals surface area (Å²) in [5, 5.41) is 15.8. The number of aromatic nitrogens is 4. The minimum absolute atomic E-state index is 0.0198. The van der Waals surface area contributed by atoms with E-state index in [1.54, 1.807) is 6.33 Å². The zero-order valence-corrected chi connectivity index (χ0v) is 12.5. The van der Waals surface area contributed by atoms with E-state index >= 15 is 0 Å². The quantitative estimate of drug-likeness (QED) is 0.577. The number of aliphatic hydroxyl groups excluding tert-OH is 1. The van der Waals surface area contributed by atoms with Crippen LogP contribution >= 0.6 is 0 Å². The van der Waals surface area contributed by atoms with E-state index in [9.17, 15) is 5.11 Å². The molecule has 7 heteroatoms. The van der Waals surface area contributed by atoms with Crippen LogP contribution in [0.4, 0.5) is 17.5 Å². The number of nitrogens with one attached hydrogen (secondary N) is 3. The number of aliphatic hydroxyl groups is 1. The summed E-state index contributed by atoms with van der Waals surface area (Å²) in [5.74, 6) is 1.04. The molecular weight excluding hydrogens is 280 g/mol. The first-order valence-corrected chi connectivity index (χ1v) is 7.00. The average Bonchev–Trinajstić information content (AvgIpc) is 2.97. The van der Waals surface area contributed by atoms with Crippen molar-refractivity contribution in [3.8, 4) is 0 Å². The summed E-state index contributed by atoms with van der Waals surface area (Å²) in [5.41, 5.74) is 1.66. The van der Waals surface area contributed by atoms with Crippen LogP contribution in [0.5, 0.6) is 0 Å². The number of benzene rings is 1. The van der Waals surface area contributed by atoms with Crippen LogP contribution in [0.3, 0.4) is 0 Å². The first kappa shape index (κ1) is 14.3. The molecular formula is C15H18N6O. The minimum atomic E-state index is -0.504. The van der Waals surface area contributed by atoms with E-state index in [0.717, 1.165) is 5.69 Å². The van der Waals surface area contributed by atoms with Crippen molar-refractivity contribution in [2.45, 2.75) is 19.4 Å². The van der Waals surface area contributed by atoms with Gasteiger partial charge < -0.3 is 20.7 Å². The average molecular weight is 298 g/mol. The molecule has 0 spiro atoms. The fraction of sp³-hybridized carbons (Fsp3) is 0.267. The third-order valence-corrected chi connectivity index (χ3v) is 3.17. The van der Waals surface area contributed by atoms with E-state index < -0.39 is 5.54 Å². The highest BCUT2D eigenvalue weighted by atomic mass is 16.3. The first-order valence-electron chi connectivity index (χ1n) is 7.00. The van der Waals surface area contributed by atoms with Gasteiger partial charge in [0.2, 0.25) is 5.95 Å². The van der Waals surface area contributed by atoms with Gasteiger partial charge in [0.25, 0.3) is 0 Å². The molecule has 0 aliphatic carbocycles. The van der Waals surface area contributed by atoms with Gasteiger partial charge in [-0.05, 0) is 26.0 Å². The molecule has 0 bridgehead atoms. The number of hydrogen-bond donors (Lipinski definition) is 4. The molecule has 3 aromatic rings. The Labute approximate surface area is 127 Å². The molecule has 114 valence electrons. The number of H-pyrrole nitrogens is 1. The summed E-state index contributed by atoms with van der Waals surface area (Å²) in [6.45, 7) is 3.76. The Balaban J connectivity index is 1.98. The Hall–Kier alpha value is -2.67. The predicted molar refractivity (Wildman–Crippen MR) is 86.2 cm³/mol. The third-order valence-electron chi connectivity index (χ3n) is 3.17. The number of imidazole rings is 1. The third kappa shape index (κ3) is 2.99. The second kappa shape index (κ2) is 5.61. The topological polar surface area (TPSA) is 98.8 Å². The maximum Gasteiger partial charge on any atom is 0.231 e. The second-order valence-corrected chi connectivity index (χ2v) is 5.65. The van der Waals surface area contributed by atoms with Crippen molar-refractivity contribution < 1.29 is 5.11 Å². The summed E-state index contributed by atoms with van der Waals surface area (Å²) in [6, 6.07) is 9.68. The Bertz CT molecular complexity index is 768. The molecule has 0 aliphatic rings. The molecule has 2 heterocycles. The predicted octanol–water partition coefficient (Wildman–Crippen LogP) is 2.28. The molecule has 0 saturated heterocycles. The van der Waals surface area contributed by atoms with Gasteiger partial charge in [0, 0.05) is 5.69 Å². The lowest BCUT2D eigenvalue weighted by Crippen LogP contribution is -2.35. The van der Waals surface area contributed by atoms with Gasteiger partial charge in [-0.25, -0.2) is 4.98 Å². The molecule has 0 atom stereocenters. The number of hydrogen-bond acceptors (Lipinski definition) is 6. The molecule has 0 aliphatic heterocycles. The summed E-state index contributed by atoms with van der Waals surface area (Å²) in [4.78, 5) is 16.1. The molecule has 4 N–H and O–H groups in total. The number of anilines is 3.